The maximum atomic E-state index is 14.2. The van der Waals surface area contributed by atoms with Crippen molar-refractivity contribution in [1.29, 1.82) is 0 Å². The van der Waals surface area contributed by atoms with Crippen LogP contribution >= 0.6 is 0 Å². The Bertz CT molecular complexity index is 1080. The van der Waals surface area contributed by atoms with Crippen molar-refractivity contribution in [3.8, 4) is 0 Å². The van der Waals surface area contributed by atoms with Crippen LogP contribution in [0.5, 0.6) is 0 Å². The largest absolute Gasteiger partial charge is 0.338 e. The molecule has 1 aromatic carbocycles. The molecule has 1 saturated heterocycles. The van der Waals surface area contributed by atoms with Gasteiger partial charge in [0.25, 0.3) is 11.8 Å². The van der Waals surface area contributed by atoms with Gasteiger partial charge in [0.15, 0.2) is 0 Å². The Labute approximate surface area is 245 Å². The number of rotatable bonds is 11. The number of nitrogens with one attached hydrogen (secondary N) is 1. The first-order valence-corrected chi connectivity index (χ1v) is 15.9. The molecule has 0 spiro atoms. The number of unbranched alkanes of at least 4 members (excludes halogenated alkanes) is 3. The minimum atomic E-state index is -0.550. The molecular formula is C33H48N4O4. The molecule has 2 saturated carbocycles. The fourth-order valence-electron chi connectivity index (χ4n) is 6.66. The molecule has 2 aliphatic carbocycles. The standard InChI is InChI=1S/C33H48N4O4/c1-3-4-5-15-22-30(39)37-29(25-16-9-6-10-17-25)23-28(34-37)31(32(40)35(2)26-18-11-7-12-19-26)33(41)36(24-38)27-20-13-8-14-21-27/h6,9-10,16-17,24,26-27,29,34H,3-5,7-8,11-15,18-23H2,1-2H3/b31-28+. The van der Waals surface area contributed by atoms with Crippen LogP contribution in [0.3, 0.4) is 0 Å². The maximum Gasteiger partial charge on any atom is 0.267 e. The number of hydrogen-bond acceptors (Lipinski definition) is 5. The lowest BCUT2D eigenvalue weighted by Gasteiger charge is -2.34. The summed E-state index contributed by atoms with van der Waals surface area (Å²) < 4.78 is 0. The average Bonchev–Trinajstić information content (AvgIpc) is 3.46. The summed E-state index contributed by atoms with van der Waals surface area (Å²) in [6.45, 7) is 2.14. The lowest BCUT2D eigenvalue weighted by Crippen LogP contribution is -2.47. The van der Waals surface area contributed by atoms with Gasteiger partial charge in [0.1, 0.15) is 5.57 Å². The number of carbonyl (C=O) groups excluding carboxylic acids is 4. The van der Waals surface area contributed by atoms with Crippen LogP contribution in [0.4, 0.5) is 0 Å². The molecule has 0 radical (unpaired) electrons. The molecule has 224 valence electrons. The molecule has 1 atom stereocenters. The van der Waals surface area contributed by atoms with Crippen LogP contribution in [0.25, 0.3) is 0 Å². The van der Waals surface area contributed by atoms with E-state index in [0.29, 0.717) is 24.9 Å². The quantitative estimate of drug-likeness (QED) is 0.121. The summed E-state index contributed by atoms with van der Waals surface area (Å²) in [6, 6.07) is 9.26. The molecule has 0 bridgehead atoms. The van der Waals surface area contributed by atoms with E-state index in [4.69, 9.17) is 0 Å². The van der Waals surface area contributed by atoms with E-state index in [2.05, 4.69) is 12.3 Å². The lowest BCUT2D eigenvalue weighted by molar-refractivity contribution is -0.141. The highest BCUT2D eigenvalue weighted by molar-refractivity contribution is 6.21. The summed E-state index contributed by atoms with van der Waals surface area (Å²) in [6.07, 6.45) is 14.8. The third-order valence-corrected chi connectivity index (χ3v) is 9.15. The molecule has 1 unspecified atom stereocenters. The number of nitrogens with zero attached hydrogens (tertiary/aromatic N) is 3. The molecule has 1 aromatic rings. The summed E-state index contributed by atoms with van der Waals surface area (Å²) >= 11 is 0. The topological polar surface area (TPSA) is 90.0 Å². The molecule has 1 aliphatic heterocycles. The van der Waals surface area contributed by atoms with Gasteiger partial charge in [-0.2, -0.15) is 0 Å². The van der Waals surface area contributed by atoms with Crippen LogP contribution < -0.4 is 5.43 Å². The van der Waals surface area contributed by atoms with Crippen LogP contribution in [0.2, 0.25) is 0 Å². The van der Waals surface area contributed by atoms with Crippen LogP contribution in [0.1, 0.15) is 121 Å². The van der Waals surface area contributed by atoms with E-state index >= 15 is 0 Å². The Kier molecular flexibility index (Phi) is 11.4. The second kappa shape index (κ2) is 15.2. The van der Waals surface area contributed by atoms with Crippen LogP contribution in [0, 0.1) is 0 Å². The molecule has 4 amide bonds. The van der Waals surface area contributed by atoms with E-state index in [-0.39, 0.29) is 35.5 Å². The highest BCUT2D eigenvalue weighted by Gasteiger charge is 2.41. The molecule has 3 aliphatic rings. The van der Waals surface area contributed by atoms with Gasteiger partial charge in [-0.25, -0.2) is 5.01 Å². The van der Waals surface area contributed by atoms with Gasteiger partial charge in [-0.3, -0.25) is 29.5 Å². The van der Waals surface area contributed by atoms with Crippen LogP contribution in [0.15, 0.2) is 41.6 Å². The first-order valence-electron chi connectivity index (χ1n) is 15.9. The normalized spacial score (nSPS) is 21.2. The van der Waals surface area contributed by atoms with Crippen LogP contribution in [-0.4, -0.2) is 58.1 Å². The number of carbonyl (C=O) groups is 4. The van der Waals surface area contributed by atoms with Crippen molar-refractivity contribution in [2.75, 3.05) is 7.05 Å². The first-order chi connectivity index (χ1) is 20.0. The predicted octanol–water partition coefficient (Wildman–Crippen LogP) is 5.80. The monoisotopic (exact) mass is 564 g/mol. The van der Waals surface area contributed by atoms with E-state index in [1.54, 1.807) is 17.0 Å². The van der Waals surface area contributed by atoms with Gasteiger partial charge >= 0.3 is 0 Å². The van der Waals surface area contributed by atoms with Gasteiger partial charge < -0.3 is 4.90 Å². The fraction of sp³-hybridized carbons (Fsp3) is 0.636. The van der Waals surface area contributed by atoms with E-state index in [0.717, 1.165) is 95.5 Å². The SMILES string of the molecule is CCCCCCC(=O)N1N/C(=C(\C(=O)N(C)C2CCCCC2)C(=O)N(C=O)C2CCCCC2)CC1c1ccccc1. The number of amides is 4. The van der Waals surface area contributed by atoms with Crippen molar-refractivity contribution in [3.63, 3.8) is 0 Å². The molecule has 4 rings (SSSR count). The zero-order chi connectivity index (χ0) is 29.2. The molecular weight excluding hydrogens is 516 g/mol. The van der Waals surface area contributed by atoms with E-state index in [9.17, 15) is 19.2 Å². The van der Waals surface area contributed by atoms with Gasteiger partial charge in [-0.15, -0.1) is 0 Å². The summed E-state index contributed by atoms with van der Waals surface area (Å²) in [5, 5.41) is 1.61. The highest BCUT2D eigenvalue weighted by atomic mass is 16.2. The Hall–Kier alpha value is -3.16. The summed E-state index contributed by atoms with van der Waals surface area (Å²) in [7, 11) is 1.78. The average molecular weight is 565 g/mol. The Morgan fingerprint density at radius 3 is 2.12 bits per heavy atom. The van der Waals surface area contributed by atoms with Crippen molar-refractivity contribution < 1.29 is 19.2 Å². The summed E-state index contributed by atoms with van der Waals surface area (Å²) in [4.78, 5) is 57.2. The molecule has 41 heavy (non-hydrogen) atoms. The van der Waals surface area contributed by atoms with E-state index in [1.165, 1.54) is 4.90 Å². The Morgan fingerprint density at radius 1 is 0.878 bits per heavy atom. The van der Waals surface area contributed by atoms with Crippen molar-refractivity contribution >= 4 is 24.1 Å². The number of hydrazine groups is 1. The van der Waals surface area contributed by atoms with Crippen molar-refractivity contribution in [3.05, 3.63) is 47.2 Å². The van der Waals surface area contributed by atoms with Gasteiger partial charge in [0, 0.05) is 32.0 Å². The Morgan fingerprint density at radius 2 is 1.51 bits per heavy atom. The fourth-order valence-corrected chi connectivity index (χ4v) is 6.66. The molecule has 1 N–H and O–H groups in total. The van der Waals surface area contributed by atoms with Crippen molar-refractivity contribution in [1.82, 2.24) is 20.2 Å². The summed E-state index contributed by atoms with van der Waals surface area (Å²) in [5.41, 5.74) is 4.61. The first kappa shape index (κ1) is 30.8. The third-order valence-electron chi connectivity index (χ3n) is 9.15. The predicted molar refractivity (Wildman–Crippen MR) is 159 cm³/mol. The van der Waals surface area contributed by atoms with E-state index < -0.39 is 5.91 Å². The van der Waals surface area contributed by atoms with Gasteiger partial charge in [0.2, 0.25) is 12.3 Å². The molecule has 0 aromatic heterocycles. The Balaban J connectivity index is 1.70. The second-order valence-corrected chi connectivity index (χ2v) is 12.0. The minimum absolute atomic E-state index is 0.00189. The molecule has 3 fully saturated rings. The van der Waals surface area contributed by atoms with Crippen molar-refractivity contribution in [2.45, 2.75) is 128 Å². The van der Waals surface area contributed by atoms with Crippen molar-refractivity contribution in [2.24, 2.45) is 0 Å². The second-order valence-electron chi connectivity index (χ2n) is 12.0. The molecule has 1 heterocycles. The van der Waals surface area contributed by atoms with Gasteiger partial charge in [-0.1, -0.05) is 95.0 Å². The van der Waals surface area contributed by atoms with Gasteiger partial charge in [0.05, 0.1) is 11.7 Å². The molecule has 8 nitrogen and oxygen atoms in total. The number of likely N-dealkylation sites (N-methyl/N-ethyl adjacent to an activating group) is 1. The minimum Gasteiger partial charge on any atom is -0.338 e. The van der Waals surface area contributed by atoms with Crippen LogP contribution in [-0.2, 0) is 19.2 Å². The third kappa shape index (κ3) is 7.57. The lowest BCUT2D eigenvalue weighted by atomic mass is 9.92. The smallest absolute Gasteiger partial charge is 0.267 e. The van der Waals surface area contributed by atoms with E-state index in [1.807, 2.05) is 30.3 Å². The number of hydrogen-bond donors (Lipinski definition) is 1. The zero-order valence-corrected chi connectivity index (χ0v) is 25.0. The summed E-state index contributed by atoms with van der Waals surface area (Å²) in [5.74, 6) is -0.966. The number of imide groups is 1. The zero-order valence-electron chi connectivity index (χ0n) is 25.0. The molecule has 8 heteroatoms. The highest BCUT2D eigenvalue weighted by Crippen LogP contribution is 2.36. The number of benzene rings is 1. The maximum absolute atomic E-state index is 14.2. The van der Waals surface area contributed by atoms with Gasteiger partial charge in [-0.05, 0) is 37.7 Å².